The Labute approximate surface area is 212 Å². The topological polar surface area (TPSA) is 113 Å². The van der Waals surface area contributed by atoms with Gasteiger partial charge in [0.25, 0.3) is 0 Å². The summed E-state index contributed by atoms with van der Waals surface area (Å²) < 4.78 is 11.1. The Morgan fingerprint density at radius 3 is 2.18 bits per heavy atom. The smallest absolute Gasteiger partial charge is 0.333 e. The minimum absolute atomic E-state index is 0.0716. The molecule has 1 rings (SSSR count). The van der Waals surface area contributed by atoms with E-state index in [1.54, 1.807) is 53.7 Å². The lowest BCUT2D eigenvalue weighted by Crippen LogP contribution is -2.62. The van der Waals surface area contributed by atoms with Gasteiger partial charge < -0.3 is 24.8 Å². The number of allylic oxidation sites excluding steroid dienone is 2. The molecule has 1 aliphatic carbocycles. The van der Waals surface area contributed by atoms with Crippen molar-refractivity contribution in [1.29, 1.82) is 0 Å². The second-order valence-corrected chi connectivity index (χ2v) is 11.1. The molecule has 0 bridgehead atoms. The molecule has 0 aromatic carbocycles. The van der Waals surface area contributed by atoms with Crippen molar-refractivity contribution in [3.05, 3.63) is 35.5 Å². The zero-order valence-corrected chi connectivity index (χ0v) is 22.5. The van der Waals surface area contributed by atoms with Crippen molar-refractivity contribution in [1.82, 2.24) is 0 Å². The molecule has 0 aromatic rings. The molecular weight excluding hydrogens is 483 g/mol. The van der Waals surface area contributed by atoms with Crippen molar-refractivity contribution in [3.63, 3.8) is 0 Å². The van der Waals surface area contributed by atoms with Gasteiger partial charge in [-0.05, 0) is 60.5 Å². The van der Waals surface area contributed by atoms with Gasteiger partial charge in [0, 0.05) is 23.5 Å². The van der Waals surface area contributed by atoms with Crippen molar-refractivity contribution in [2.45, 2.75) is 102 Å². The lowest BCUT2D eigenvalue weighted by atomic mass is 9.71. The van der Waals surface area contributed by atoms with Crippen molar-refractivity contribution >= 4 is 35.1 Å². The van der Waals surface area contributed by atoms with Crippen molar-refractivity contribution in [2.75, 3.05) is 0 Å². The van der Waals surface area contributed by atoms with Crippen molar-refractivity contribution < 1.29 is 34.4 Å². The van der Waals surface area contributed by atoms with E-state index in [0.717, 1.165) is 0 Å². The Bertz CT molecular complexity index is 826. The summed E-state index contributed by atoms with van der Waals surface area (Å²) in [4.78, 5) is 23.9. The Morgan fingerprint density at radius 2 is 1.71 bits per heavy atom. The van der Waals surface area contributed by atoms with Gasteiger partial charge in [-0.3, -0.25) is 0 Å². The third-order valence-electron chi connectivity index (χ3n) is 6.51. The summed E-state index contributed by atoms with van der Waals surface area (Å²) in [5.41, 5.74) is -0.800. The van der Waals surface area contributed by atoms with E-state index in [-0.39, 0.29) is 18.4 Å². The maximum atomic E-state index is 12.5. The average Bonchev–Trinajstić information content (AvgIpc) is 2.76. The van der Waals surface area contributed by atoms with E-state index in [9.17, 15) is 24.9 Å². The van der Waals surface area contributed by atoms with Crippen LogP contribution in [0.25, 0.3) is 0 Å². The first-order valence-electron chi connectivity index (χ1n) is 11.3. The van der Waals surface area contributed by atoms with Crippen molar-refractivity contribution in [3.8, 4) is 0 Å². The molecule has 194 valence electrons. The number of hydrogen-bond acceptors (Lipinski definition) is 7. The molecule has 7 atom stereocenters. The van der Waals surface area contributed by atoms with Gasteiger partial charge in [0.15, 0.2) is 6.10 Å². The van der Waals surface area contributed by atoms with Gasteiger partial charge in [0.05, 0.1) is 16.4 Å². The molecule has 0 heterocycles. The highest BCUT2D eigenvalue weighted by Gasteiger charge is 2.54. The fourth-order valence-corrected chi connectivity index (χ4v) is 3.96. The number of alkyl halides is 2. The molecule has 7 nitrogen and oxygen atoms in total. The van der Waals surface area contributed by atoms with E-state index in [0.29, 0.717) is 11.1 Å². The van der Waals surface area contributed by atoms with Crippen LogP contribution in [0.1, 0.15) is 61.3 Å². The van der Waals surface area contributed by atoms with Crippen LogP contribution in [0, 0.1) is 5.92 Å². The molecule has 0 saturated heterocycles. The maximum Gasteiger partial charge on any atom is 0.333 e. The fourth-order valence-electron chi connectivity index (χ4n) is 3.56. The van der Waals surface area contributed by atoms with Crippen LogP contribution in [0.15, 0.2) is 35.5 Å². The minimum atomic E-state index is -1.73. The molecule has 0 radical (unpaired) electrons. The molecule has 1 aliphatic rings. The van der Waals surface area contributed by atoms with E-state index >= 15 is 0 Å². The van der Waals surface area contributed by atoms with Gasteiger partial charge >= 0.3 is 11.9 Å². The predicted octanol–water partition coefficient (Wildman–Crippen LogP) is 3.81. The standard InChI is InChI=1S/C25H38Cl2O7/c1-9-13(3)22(30)33-17(12-19(28)24(6,7)27)15(5)16-11-18(26)25(8,32)21(20(16)29)34-23(31)14(4)10-2/h9-10,16-21,28-29,32H,5,11-12H2,1-4,6-8H3/b13-9-,14-10-/t16-,17?,18+,19?,20+,21+,25-/m1/s1. The second kappa shape index (κ2) is 12.0. The van der Waals surface area contributed by atoms with E-state index in [2.05, 4.69) is 6.58 Å². The van der Waals surface area contributed by atoms with E-state index in [1.807, 2.05) is 0 Å². The molecule has 0 aromatic heterocycles. The second-order valence-electron chi connectivity index (χ2n) is 9.58. The van der Waals surface area contributed by atoms with E-state index < -0.39 is 58.1 Å². The number of aliphatic hydroxyl groups is 3. The number of esters is 2. The van der Waals surface area contributed by atoms with Crippen LogP contribution in [-0.2, 0) is 19.1 Å². The molecule has 3 N–H and O–H groups in total. The summed E-state index contributed by atoms with van der Waals surface area (Å²) in [5, 5.41) is 31.8. The van der Waals surface area contributed by atoms with Crippen molar-refractivity contribution in [2.24, 2.45) is 5.92 Å². The van der Waals surface area contributed by atoms with Crippen LogP contribution in [0.5, 0.6) is 0 Å². The Balaban J connectivity index is 3.32. The highest BCUT2D eigenvalue weighted by Crippen LogP contribution is 2.42. The first-order valence-corrected chi connectivity index (χ1v) is 12.1. The van der Waals surface area contributed by atoms with E-state index in [4.69, 9.17) is 32.7 Å². The summed E-state index contributed by atoms with van der Waals surface area (Å²) in [6, 6.07) is 0. The monoisotopic (exact) mass is 520 g/mol. The molecule has 1 fully saturated rings. The number of carbonyl (C=O) groups excluding carboxylic acids is 2. The number of aliphatic hydroxyl groups excluding tert-OH is 2. The molecule has 1 saturated carbocycles. The Morgan fingerprint density at radius 1 is 1.21 bits per heavy atom. The van der Waals surface area contributed by atoms with Crippen LogP contribution in [0.3, 0.4) is 0 Å². The van der Waals surface area contributed by atoms with Gasteiger partial charge in [0.2, 0.25) is 0 Å². The highest BCUT2D eigenvalue weighted by molar-refractivity contribution is 6.23. The zero-order chi connectivity index (χ0) is 26.6. The van der Waals surface area contributed by atoms with Crippen LogP contribution >= 0.6 is 23.2 Å². The Hall–Kier alpha value is -1.38. The lowest BCUT2D eigenvalue weighted by molar-refractivity contribution is -0.190. The molecule has 0 spiro atoms. The summed E-state index contributed by atoms with van der Waals surface area (Å²) in [5.74, 6) is -2.12. The molecule has 0 amide bonds. The van der Waals surface area contributed by atoms with Crippen LogP contribution in [-0.4, -0.2) is 67.5 Å². The largest absolute Gasteiger partial charge is 0.454 e. The minimum Gasteiger partial charge on any atom is -0.454 e. The third kappa shape index (κ3) is 7.31. The maximum absolute atomic E-state index is 12.5. The SMILES string of the molecule is C=C(C(CC(O)C(C)(C)Cl)OC(=O)/C(C)=C\C)[C@H]1C[C@H](Cl)[C@@](C)(O)[C@@H](OC(=O)/C(C)=C\C)[C@H]1O. The van der Waals surface area contributed by atoms with E-state index in [1.165, 1.54) is 6.92 Å². The molecule has 9 heteroatoms. The third-order valence-corrected chi connectivity index (χ3v) is 7.38. The Kier molecular flexibility index (Phi) is 10.9. The molecular formula is C25H38Cl2O7. The van der Waals surface area contributed by atoms with Crippen LogP contribution in [0.2, 0.25) is 0 Å². The number of ether oxygens (including phenoxy) is 2. The summed E-state index contributed by atoms with van der Waals surface area (Å²) >= 11 is 12.7. The van der Waals surface area contributed by atoms with Crippen LogP contribution < -0.4 is 0 Å². The zero-order valence-electron chi connectivity index (χ0n) is 21.0. The normalized spacial score (nSPS) is 30.4. The quantitative estimate of drug-likeness (QED) is 0.183. The average molecular weight is 521 g/mol. The van der Waals surface area contributed by atoms with Gasteiger partial charge in [-0.2, -0.15) is 0 Å². The molecule has 2 unspecified atom stereocenters. The molecule has 34 heavy (non-hydrogen) atoms. The summed E-state index contributed by atoms with van der Waals surface area (Å²) in [6.07, 6.45) is -1.71. The molecule has 0 aliphatic heterocycles. The summed E-state index contributed by atoms with van der Waals surface area (Å²) in [6.45, 7) is 15.2. The predicted molar refractivity (Wildman–Crippen MR) is 133 cm³/mol. The fraction of sp³-hybridized carbons (Fsp3) is 0.680. The van der Waals surface area contributed by atoms with Gasteiger partial charge in [-0.1, -0.05) is 18.7 Å². The first kappa shape index (κ1) is 30.7. The number of rotatable bonds is 9. The van der Waals surface area contributed by atoms with Crippen LogP contribution in [0.4, 0.5) is 0 Å². The highest BCUT2D eigenvalue weighted by atomic mass is 35.5. The number of hydrogen-bond donors (Lipinski definition) is 3. The van der Waals surface area contributed by atoms with Gasteiger partial charge in [0.1, 0.15) is 17.8 Å². The van der Waals surface area contributed by atoms with Gasteiger partial charge in [-0.15, -0.1) is 23.2 Å². The first-order chi connectivity index (χ1) is 15.5. The van der Waals surface area contributed by atoms with Gasteiger partial charge in [-0.25, -0.2) is 9.59 Å². The number of halogens is 2. The summed E-state index contributed by atoms with van der Waals surface area (Å²) in [7, 11) is 0. The lowest BCUT2D eigenvalue weighted by Gasteiger charge is -2.47. The number of carbonyl (C=O) groups is 2.